The van der Waals surface area contributed by atoms with Crippen LogP contribution in [0.2, 0.25) is 0 Å². The smallest absolute Gasteiger partial charge is 0.346 e. The summed E-state index contributed by atoms with van der Waals surface area (Å²) in [5.74, 6) is -2.37. The Bertz CT molecular complexity index is 3250. The average molecular weight is 1040 g/mol. The number of ether oxygens (including phenoxy) is 1. The van der Waals surface area contributed by atoms with Crippen molar-refractivity contribution in [1.82, 2.24) is 19.6 Å². The van der Waals surface area contributed by atoms with Gasteiger partial charge >= 0.3 is 11.9 Å². The summed E-state index contributed by atoms with van der Waals surface area (Å²) in [5.41, 5.74) is 25.8. The zero-order valence-corrected chi connectivity index (χ0v) is 42.8. The van der Waals surface area contributed by atoms with Gasteiger partial charge in [-0.3, -0.25) is 38.8 Å². The van der Waals surface area contributed by atoms with E-state index in [1.165, 1.54) is 43.2 Å². The molecule has 8 aromatic carbocycles. The molecule has 4 amide bonds. The Morgan fingerprint density at radius 2 is 0.590 bits per heavy atom. The first-order chi connectivity index (χ1) is 37.5. The van der Waals surface area contributed by atoms with Crippen LogP contribution in [0, 0.1) is 0 Å². The summed E-state index contributed by atoms with van der Waals surface area (Å²) in [6.45, 7) is 7.78. The molecule has 78 heavy (non-hydrogen) atoms. The number of carbonyl (C=O) groups is 6. The Labute approximate surface area is 453 Å². The molecule has 13 rings (SSSR count). The van der Waals surface area contributed by atoms with Crippen molar-refractivity contribution < 1.29 is 40.4 Å². The van der Waals surface area contributed by atoms with Crippen LogP contribution in [-0.4, -0.2) is 60.6 Å². The van der Waals surface area contributed by atoms with E-state index in [9.17, 15) is 28.8 Å². The summed E-state index contributed by atoms with van der Waals surface area (Å²) >= 11 is 0. The standard InChI is InChI=1S/C24H16N2O4.C24H24N2.C8H12N2.C8H4O3.H2O.H2/c27-21-17-8-1-2-9-18(17)22(28)25(21)13-15-6-5-7-16(12-15)14-26-23(29)19-10-3-4-11-20(19)24(26)30;1-2-9-22-16-25(15-21(22)8-1)13-19-6-5-7-20(12-19)14-26-17-23-10-3-4-11-24(23)18-26;9-5-7-2-1-3-8(4-7)6-10;9-7-5-3-1-2-4-6(5)8(10)11-7;;/h1-12H,13-14H2;1-12H,13-18H2;1-4H,5-6,9-10H2;1-4H;1H2;1H. The second-order valence-corrected chi connectivity index (χ2v) is 19.4. The van der Waals surface area contributed by atoms with E-state index in [2.05, 4.69) is 87.3 Å². The number of carbonyl (C=O) groups excluding carboxylic acids is 6. The molecule has 6 N–H and O–H groups in total. The fourth-order valence-corrected chi connectivity index (χ4v) is 10.2. The lowest BCUT2D eigenvalue weighted by molar-refractivity contribution is 0.0441. The van der Waals surface area contributed by atoms with Crippen LogP contribution in [0.25, 0.3) is 0 Å². The zero-order chi connectivity index (χ0) is 53.4. The summed E-state index contributed by atoms with van der Waals surface area (Å²) in [5, 5.41) is 0. The molecular weight excluding hydrogens is 981 g/mol. The first-order valence-corrected chi connectivity index (χ1v) is 25.5. The monoisotopic (exact) mass is 1040 g/mol. The van der Waals surface area contributed by atoms with E-state index in [1.54, 1.807) is 78.9 Å². The third-order valence-corrected chi connectivity index (χ3v) is 14.1. The van der Waals surface area contributed by atoms with Gasteiger partial charge in [-0.2, -0.15) is 0 Å². The molecule has 8 aromatic rings. The van der Waals surface area contributed by atoms with Gasteiger partial charge in [0.1, 0.15) is 0 Å². The van der Waals surface area contributed by atoms with Crippen molar-refractivity contribution in [2.45, 2.75) is 65.4 Å². The number of nitrogens with zero attached hydrogens (tertiary/aromatic N) is 4. The molecule has 5 heterocycles. The molecule has 0 saturated heterocycles. The number of esters is 2. The normalized spacial score (nSPS) is 14.6. The van der Waals surface area contributed by atoms with E-state index < -0.39 is 11.9 Å². The van der Waals surface area contributed by atoms with E-state index in [0.29, 0.717) is 46.5 Å². The highest BCUT2D eigenvalue weighted by Gasteiger charge is 2.37. The SMILES string of the molecule is NCc1cccc(CN)c1.O.O=C1OC(=O)c2ccccc21.O=C1c2ccccc2C(=O)N1Cc1cccc(CN2C(=O)c3ccccc3C2=O)c1.[HH].c1cc(CN2Cc3ccccc3C2)cc(CN2Cc3ccccc3C2)c1. The Morgan fingerprint density at radius 3 is 0.897 bits per heavy atom. The maximum atomic E-state index is 12.6. The maximum absolute atomic E-state index is 12.6. The van der Waals surface area contributed by atoms with Crippen LogP contribution in [-0.2, 0) is 70.2 Å². The number of hydrogen-bond acceptors (Lipinski definition) is 11. The second-order valence-electron chi connectivity index (χ2n) is 19.4. The lowest BCUT2D eigenvalue weighted by Crippen LogP contribution is -2.30. The van der Waals surface area contributed by atoms with Crippen LogP contribution in [0.4, 0.5) is 0 Å². The summed E-state index contributed by atoms with van der Waals surface area (Å²) < 4.78 is 4.35. The predicted molar refractivity (Wildman–Crippen MR) is 297 cm³/mol. The van der Waals surface area contributed by atoms with Gasteiger partial charge < -0.3 is 21.7 Å². The van der Waals surface area contributed by atoms with Gasteiger partial charge in [0.2, 0.25) is 0 Å². The van der Waals surface area contributed by atoms with Crippen LogP contribution in [0.15, 0.2) is 194 Å². The highest BCUT2D eigenvalue weighted by atomic mass is 16.6. The van der Waals surface area contributed by atoms with Crippen LogP contribution in [0.3, 0.4) is 0 Å². The number of nitrogens with two attached hydrogens (primary N) is 2. The highest BCUT2D eigenvalue weighted by molar-refractivity contribution is 6.22. The fraction of sp³-hybridized carbons (Fsp3) is 0.156. The lowest BCUT2D eigenvalue weighted by atomic mass is 10.1. The summed E-state index contributed by atoms with van der Waals surface area (Å²) in [7, 11) is 0. The van der Waals surface area contributed by atoms with Crippen LogP contribution in [0.5, 0.6) is 0 Å². The minimum atomic E-state index is -0.550. The molecule has 0 fully saturated rings. The third kappa shape index (κ3) is 12.0. The fourth-order valence-electron chi connectivity index (χ4n) is 10.2. The van der Waals surface area contributed by atoms with Gasteiger partial charge in [0.15, 0.2) is 0 Å². The minimum absolute atomic E-state index is 0. The van der Waals surface area contributed by atoms with E-state index in [4.69, 9.17) is 11.5 Å². The molecule has 14 nitrogen and oxygen atoms in total. The second kappa shape index (κ2) is 24.3. The number of hydrogen-bond donors (Lipinski definition) is 2. The zero-order valence-electron chi connectivity index (χ0n) is 42.8. The van der Waals surface area contributed by atoms with Crippen LogP contribution >= 0.6 is 0 Å². The van der Waals surface area contributed by atoms with E-state index in [0.717, 1.165) is 61.5 Å². The van der Waals surface area contributed by atoms with Crippen molar-refractivity contribution in [3.63, 3.8) is 0 Å². The largest absolute Gasteiger partial charge is 0.412 e. The Kier molecular flexibility index (Phi) is 16.8. The first kappa shape index (κ1) is 53.8. The molecule has 5 aliphatic heterocycles. The van der Waals surface area contributed by atoms with E-state index in [-0.39, 0.29) is 43.6 Å². The molecule has 0 aromatic heterocycles. The molecule has 0 atom stereocenters. The van der Waals surface area contributed by atoms with Gasteiger partial charge in [-0.1, -0.05) is 158 Å². The van der Waals surface area contributed by atoms with Crippen LogP contribution in [0.1, 0.15) is 119 Å². The molecule has 14 heteroatoms. The molecular formula is C64H60N6O8. The summed E-state index contributed by atoms with van der Waals surface area (Å²) in [4.78, 5) is 79.5. The Balaban J connectivity index is 0.000000151. The summed E-state index contributed by atoms with van der Waals surface area (Å²) in [6, 6.07) is 62.1. The predicted octanol–water partition coefficient (Wildman–Crippen LogP) is 9.02. The molecule has 0 saturated carbocycles. The van der Waals surface area contributed by atoms with Gasteiger partial charge in [-0.05, 0) is 92.0 Å². The van der Waals surface area contributed by atoms with Crippen molar-refractivity contribution in [2.24, 2.45) is 11.5 Å². The maximum Gasteiger partial charge on any atom is 0.346 e. The molecule has 0 aliphatic carbocycles. The van der Waals surface area contributed by atoms with Crippen molar-refractivity contribution in [3.8, 4) is 0 Å². The first-order valence-electron chi connectivity index (χ1n) is 25.5. The molecule has 0 bridgehead atoms. The number of fused-ring (bicyclic) bond motifs is 5. The van der Waals surface area contributed by atoms with Crippen LogP contribution < -0.4 is 11.5 Å². The van der Waals surface area contributed by atoms with Crippen molar-refractivity contribution in [3.05, 3.63) is 283 Å². The van der Waals surface area contributed by atoms with Crippen molar-refractivity contribution in [2.75, 3.05) is 0 Å². The molecule has 0 radical (unpaired) electrons. The quantitative estimate of drug-likeness (QED) is 0.0750. The number of amides is 4. The molecule has 5 aliphatic rings. The van der Waals surface area contributed by atoms with Gasteiger partial charge in [-0.15, -0.1) is 0 Å². The third-order valence-electron chi connectivity index (χ3n) is 14.1. The topological polar surface area (TPSA) is 208 Å². The van der Waals surface area contributed by atoms with Gasteiger partial charge in [0.25, 0.3) is 23.6 Å². The van der Waals surface area contributed by atoms with Crippen molar-refractivity contribution >= 4 is 35.6 Å². The molecule has 0 unspecified atom stereocenters. The number of rotatable bonds is 10. The Hall–Kier alpha value is -9.02. The number of benzene rings is 8. The molecule has 0 spiro atoms. The summed E-state index contributed by atoms with van der Waals surface area (Å²) in [6.07, 6.45) is 0. The van der Waals surface area contributed by atoms with Gasteiger partial charge in [0.05, 0.1) is 46.5 Å². The molecule has 394 valence electrons. The lowest BCUT2D eigenvalue weighted by Gasteiger charge is -2.18. The van der Waals surface area contributed by atoms with Gasteiger partial charge in [-0.25, -0.2) is 9.59 Å². The highest BCUT2D eigenvalue weighted by Crippen LogP contribution is 2.29. The van der Waals surface area contributed by atoms with Crippen molar-refractivity contribution in [1.29, 1.82) is 0 Å². The number of cyclic esters (lactones) is 2. The van der Waals surface area contributed by atoms with E-state index >= 15 is 0 Å². The average Bonchev–Trinajstić information content (AvgIpc) is 4.46. The minimum Gasteiger partial charge on any atom is -0.412 e. The number of imide groups is 2. The van der Waals surface area contributed by atoms with E-state index in [1.807, 2.05) is 42.5 Å². The van der Waals surface area contributed by atoms with Gasteiger partial charge in [0, 0.05) is 53.8 Å². The Morgan fingerprint density at radius 1 is 0.333 bits per heavy atom.